The molecule has 5 heteroatoms. The third-order valence-corrected chi connectivity index (χ3v) is 2.68. The molecule has 0 spiro atoms. The average Bonchev–Trinajstić information content (AvgIpc) is 2.61. The van der Waals surface area contributed by atoms with Gasteiger partial charge in [0.05, 0.1) is 12.7 Å². The molecule has 88 valence electrons. The van der Waals surface area contributed by atoms with Crippen LogP contribution in [-0.2, 0) is 9.53 Å². The van der Waals surface area contributed by atoms with Gasteiger partial charge in [-0.3, -0.25) is 4.79 Å². The number of carbonyl (C=O) groups is 1. The van der Waals surface area contributed by atoms with Crippen LogP contribution in [0.3, 0.4) is 0 Å². The molecule has 4 N–H and O–H groups in total. The highest BCUT2D eigenvalue weighted by Crippen LogP contribution is 2.24. The summed E-state index contributed by atoms with van der Waals surface area (Å²) in [4.78, 5) is 11.2. The standard InChI is InChI=1S/C10H20N2O3/c11-4-5-15-7-10(14)12-6-8-2-1-3-9(8)13/h8-9,13H,1-7,11H2,(H,12,14). The van der Waals surface area contributed by atoms with E-state index in [-0.39, 0.29) is 24.5 Å². The Morgan fingerprint density at radius 2 is 2.33 bits per heavy atom. The maximum atomic E-state index is 11.2. The molecule has 1 fully saturated rings. The van der Waals surface area contributed by atoms with Gasteiger partial charge < -0.3 is 20.9 Å². The van der Waals surface area contributed by atoms with E-state index < -0.39 is 0 Å². The molecule has 0 aromatic heterocycles. The maximum Gasteiger partial charge on any atom is 0.246 e. The molecule has 0 aromatic rings. The Morgan fingerprint density at radius 1 is 1.53 bits per heavy atom. The molecule has 0 aromatic carbocycles. The summed E-state index contributed by atoms with van der Waals surface area (Å²) < 4.78 is 4.99. The van der Waals surface area contributed by atoms with Crippen LogP contribution in [0.5, 0.6) is 0 Å². The van der Waals surface area contributed by atoms with Crippen molar-refractivity contribution in [3.63, 3.8) is 0 Å². The lowest BCUT2D eigenvalue weighted by Gasteiger charge is -2.14. The lowest BCUT2D eigenvalue weighted by Crippen LogP contribution is -2.35. The Hall–Kier alpha value is -0.650. The van der Waals surface area contributed by atoms with Crippen LogP contribution in [0.2, 0.25) is 0 Å². The van der Waals surface area contributed by atoms with Crippen molar-refractivity contribution in [3.05, 3.63) is 0 Å². The zero-order chi connectivity index (χ0) is 11.1. The minimum Gasteiger partial charge on any atom is -0.393 e. The minimum atomic E-state index is -0.254. The molecular formula is C10H20N2O3. The first-order valence-corrected chi connectivity index (χ1v) is 5.46. The predicted molar refractivity (Wildman–Crippen MR) is 56.2 cm³/mol. The third kappa shape index (κ3) is 4.59. The Morgan fingerprint density at radius 3 is 2.93 bits per heavy atom. The molecule has 0 heterocycles. The van der Waals surface area contributed by atoms with E-state index in [1.165, 1.54) is 0 Å². The van der Waals surface area contributed by atoms with Gasteiger partial charge in [0.15, 0.2) is 0 Å². The smallest absolute Gasteiger partial charge is 0.246 e. The molecule has 1 aliphatic carbocycles. The molecule has 2 unspecified atom stereocenters. The Labute approximate surface area is 90.0 Å². The van der Waals surface area contributed by atoms with E-state index in [0.29, 0.717) is 19.7 Å². The fraction of sp³-hybridized carbons (Fsp3) is 0.900. The lowest BCUT2D eigenvalue weighted by atomic mass is 10.1. The van der Waals surface area contributed by atoms with E-state index in [1.807, 2.05) is 0 Å². The van der Waals surface area contributed by atoms with Gasteiger partial charge in [-0.15, -0.1) is 0 Å². The zero-order valence-electron chi connectivity index (χ0n) is 8.95. The van der Waals surface area contributed by atoms with Crippen molar-refractivity contribution >= 4 is 5.91 Å². The topological polar surface area (TPSA) is 84.6 Å². The second-order valence-electron chi connectivity index (χ2n) is 3.90. The average molecular weight is 216 g/mol. The number of nitrogens with two attached hydrogens (primary N) is 1. The molecule has 0 radical (unpaired) electrons. The van der Waals surface area contributed by atoms with Crippen molar-refractivity contribution in [2.45, 2.75) is 25.4 Å². The van der Waals surface area contributed by atoms with Gasteiger partial charge in [0.25, 0.3) is 0 Å². The van der Waals surface area contributed by atoms with E-state index >= 15 is 0 Å². The normalized spacial score (nSPS) is 25.5. The van der Waals surface area contributed by atoms with E-state index in [0.717, 1.165) is 19.3 Å². The van der Waals surface area contributed by atoms with Gasteiger partial charge in [-0.05, 0) is 12.8 Å². The largest absolute Gasteiger partial charge is 0.393 e. The number of amides is 1. The summed E-state index contributed by atoms with van der Waals surface area (Å²) in [6, 6.07) is 0. The number of nitrogens with one attached hydrogen (secondary N) is 1. The molecule has 0 saturated heterocycles. The van der Waals surface area contributed by atoms with Crippen LogP contribution in [0.4, 0.5) is 0 Å². The van der Waals surface area contributed by atoms with Crippen LogP contribution in [-0.4, -0.2) is 43.4 Å². The fourth-order valence-electron chi connectivity index (χ4n) is 1.80. The SMILES string of the molecule is NCCOCC(=O)NCC1CCCC1O. The number of hydrogen-bond donors (Lipinski definition) is 3. The van der Waals surface area contributed by atoms with Gasteiger partial charge in [0.2, 0.25) is 5.91 Å². The number of aliphatic hydroxyl groups is 1. The van der Waals surface area contributed by atoms with Crippen LogP contribution in [0.25, 0.3) is 0 Å². The summed E-state index contributed by atoms with van der Waals surface area (Å²) in [5.41, 5.74) is 5.22. The number of hydrogen-bond acceptors (Lipinski definition) is 4. The molecule has 1 amide bonds. The molecule has 1 aliphatic rings. The van der Waals surface area contributed by atoms with Gasteiger partial charge in [0.1, 0.15) is 6.61 Å². The summed E-state index contributed by atoms with van der Waals surface area (Å²) in [6.45, 7) is 1.43. The molecule has 5 nitrogen and oxygen atoms in total. The molecule has 0 bridgehead atoms. The second kappa shape index (κ2) is 6.76. The highest BCUT2D eigenvalue weighted by molar-refractivity contribution is 5.77. The van der Waals surface area contributed by atoms with Crippen molar-refractivity contribution in [2.24, 2.45) is 11.7 Å². The summed E-state index contributed by atoms with van der Waals surface area (Å²) in [7, 11) is 0. The first-order chi connectivity index (χ1) is 7.24. The van der Waals surface area contributed by atoms with Gasteiger partial charge in [-0.2, -0.15) is 0 Å². The maximum absolute atomic E-state index is 11.2. The summed E-state index contributed by atoms with van der Waals surface area (Å²) in [6.07, 6.45) is 2.64. The highest BCUT2D eigenvalue weighted by Gasteiger charge is 2.25. The van der Waals surface area contributed by atoms with Gasteiger partial charge >= 0.3 is 0 Å². The van der Waals surface area contributed by atoms with Gasteiger partial charge in [0, 0.05) is 19.0 Å². The fourth-order valence-corrected chi connectivity index (χ4v) is 1.80. The number of rotatable bonds is 6. The van der Waals surface area contributed by atoms with Crippen LogP contribution in [0.15, 0.2) is 0 Å². The number of aliphatic hydroxyl groups excluding tert-OH is 1. The van der Waals surface area contributed by atoms with Crippen molar-refractivity contribution < 1.29 is 14.6 Å². The number of carbonyl (C=O) groups excluding carboxylic acids is 1. The second-order valence-corrected chi connectivity index (χ2v) is 3.90. The van der Waals surface area contributed by atoms with Crippen molar-refractivity contribution in [3.8, 4) is 0 Å². The van der Waals surface area contributed by atoms with Crippen LogP contribution in [0.1, 0.15) is 19.3 Å². The summed E-state index contributed by atoms with van der Waals surface area (Å²) in [5.74, 6) is 0.0750. The predicted octanol–water partition coefficient (Wildman–Crippen LogP) is -0.761. The van der Waals surface area contributed by atoms with Crippen molar-refractivity contribution in [1.29, 1.82) is 0 Å². The van der Waals surface area contributed by atoms with Crippen molar-refractivity contribution in [2.75, 3.05) is 26.3 Å². The first-order valence-electron chi connectivity index (χ1n) is 5.46. The van der Waals surface area contributed by atoms with Gasteiger partial charge in [-0.25, -0.2) is 0 Å². The lowest BCUT2D eigenvalue weighted by molar-refractivity contribution is -0.125. The van der Waals surface area contributed by atoms with Gasteiger partial charge in [-0.1, -0.05) is 6.42 Å². The first kappa shape index (κ1) is 12.4. The van der Waals surface area contributed by atoms with Crippen molar-refractivity contribution in [1.82, 2.24) is 5.32 Å². The Bertz CT molecular complexity index is 199. The quantitative estimate of drug-likeness (QED) is 0.509. The van der Waals surface area contributed by atoms with E-state index in [4.69, 9.17) is 10.5 Å². The summed E-state index contributed by atoms with van der Waals surface area (Å²) in [5, 5.41) is 12.3. The van der Waals surface area contributed by atoms with E-state index in [9.17, 15) is 9.90 Å². The minimum absolute atomic E-state index is 0.0556. The molecule has 1 saturated carbocycles. The number of ether oxygens (including phenoxy) is 1. The third-order valence-electron chi connectivity index (χ3n) is 2.68. The molecule has 15 heavy (non-hydrogen) atoms. The molecular weight excluding hydrogens is 196 g/mol. The van der Waals surface area contributed by atoms with Crippen LogP contribution >= 0.6 is 0 Å². The monoisotopic (exact) mass is 216 g/mol. The molecule has 0 aliphatic heterocycles. The van der Waals surface area contributed by atoms with Crippen LogP contribution in [0, 0.1) is 5.92 Å². The highest BCUT2D eigenvalue weighted by atomic mass is 16.5. The van der Waals surface area contributed by atoms with E-state index in [2.05, 4.69) is 5.32 Å². The molecule has 1 rings (SSSR count). The summed E-state index contributed by atoms with van der Waals surface area (Å²) >= 11 is 0. The van der Waals surface area contributed by atoms with Crippen LogP contribution < -0.4 is 11.1 Å². The molecule has 2 atom stereocenters. The van der Waals surface area contributed by atoms with E-state index in [1.54, 1.807) is 0 Å². The zero-order valence-corrected chi connectivity index (χ0v) is 8.95. The Kier molecular flexibility index (Phi) is 5.60. The Balaban J connectivity index is 2.05.